The minimum Gasteiger partial charge on any atom is -0.314 e. The van der Waals surface area contributed by atoms with Crippen molar-refractivity contribution >= 4 is 11.6 Å². The molecule has 2 nitrogen and oxygen atoms in total. The van der Waals surface area contributed by atoms with Crippen LogP contribution in [0.5, 0.6) is 0 Å². The quantitative estimate of drug-likeness (QED) is 0.833. The maximum Gasteiger partial charge on any atom is 0.128 e. The first kappa shape index (κ1) is 14.5. The first-order chi connectivity index (χ1) is 9.22. The zero-order valence-electron chi connectivity index (χ0n) is 11.0. The second-order valence-corrected chi connectivity index (χ2v) is 5.27. The van der Waals surface area contributed by atoms with Crippen LogP contribution < -0.4 is 5.32 Å². The monoisotopic (exact) mass is 282 g/mol. The molecular formula is C15H20ClFN2. The van der Waals surface area contributed by atoms with Gasteiger partial charge in [-0.15, -0.1) is 6.58 Å². The van der Waals surface area contributed by atoms with Gasteiger partial charge in [0.2, 0.25) is 0 Å². The van der Waals surface area contributed by atoms with Crippen molar-refractivity contribution in [2.24, 2.45) is 0 Å². The third-order valence-electron chi connectivity index (χ3n) is 3.55. The molecular weight excluding hydrogens is 263 g/mol. The number of hydrogen-bond acceptors (Lipinski definition) is 2. The van der Waals surface area contributed by atoms with Gasteiger partial charge in [0.05, 0.1) is 0 Å². The molecule has 1 atom stereocenters. The smallest absolute Gasteiger partial charge is 0.128 e. The molecule has 0 bridgehead atoms. The molecule has 0 amide bonds. The minimum absolute atomic E-state index is 0.0822. The summed E-state index contributed by atoms with van der Waals surface area (Å²) in [4.78, 5) is 2.33. The maximum absolute atomic E-state index is 14.1. The van der Waals surface area contributed by atoms with Gasteiger partial charge in [-0.1, -0.05) is 17.7 Å². The Balaban J connectivity index is 2.24. The Kier molecular flexibility index (Phi) is 5.37. The van der Waals surface area contributed by atoms with Crippen molar-refractivity contribution in [1.29, 1.82) is 0 Å². The molecule has 4 heteroatoms. The second-order valence-electron chi connectivity index (χ2n) is 4.83. The van der Waals surface area contributed by atoms with Gasteiger partial charge < -0.3 is 5.32 Å². The molecule has 1 saturated heterocycles. The van der Waals surface area contributed by atoms with E-state index in [2.05, 4.69) is 16.8 Å². The van der Waals surface area contributed by atoms with Crippen LogP contribution in [-0.2, 0) is 0 Å². The molecule has 0 radical (unpaired) electrons. The van der Waals surface area contributed by atoms with E-state index < -0.39 is 0 Å². The first-order valence-corrected chi connectivity index (χ1v) is 7.11. The van der Waals surface area contributed by atoms with E-state index in [0.29, 0.717) is 10.6 Å². The normalized spacial score (nSPS) is 18.2. The Morgan fingerprint density at radius 2 is 2.16 bits per heavy atom. The lowest BCUT2D eigenvalue weighted by atomic mass is 9.99. The fourth-order valence-corrected chi connectivity index (χ4v) is 2.75. The Morgan fingerprint density at radius 3 is 2.84 bits per heavy atom. The SMILES string of the molecule is C=CCC[C@H](c1cc(Cl)ccc1F)N1CCNCC1. The van der Waals surface area contributed by atoms with E-state index in [1.54, 1.807) is 12.1 Å². The van der Waals surface area contributed by atoms with Crippen molar-refractivity contribution in [1.82, 2.24) is 10.2 Å². The van der Waals surface area contributed by atoms with Gasteiger partial charge in [0, 0.05) is 42.8 Å². The largest absolute Gasteiger partial charge is 0.314 e. The first-order valence-electron chi connectivity index (χ1n) is 6.73. The van der Waals surface area contributed by atoms with Gasteiger partial charge in [-0.05, 0) is 31.0 Å². The lowest BCUT2D eigenvalue weighted by Crippen LogP contribution is -2.45. The maximum atomic E-state index is 14.1. The Labute approximate surface area is 119 Å². The lowest BCUT2D eigenvalue weighted by Gasteiger charge is -2.35. The average Bonchev–Trinajstić information content (AvgIpc) is 2.44. The molecule has 1 aromatic rings. The highest BCUT2D eigenvalue weighted by atomic mass is 35.5. The highest BCUT2D eigenvalue weighted by molar-refractivity contribution is 6.30. The number of halogens is 2. The Bertz CT molecular complexity index is 430. The van der Waals surface area contributed by atoms with Crippen molar-refractivity contribution in [2.75, 3.05) is 26.2 Å². The van der Waals surface area contributed by atoms with Crippen LogP contribution >= 0.6 is 11.6 Å². The standard InChI is InChI=1S/C15H20ClFN2/c1-2-3-4-15(19-9-7-18-8-10-19)13-11-12(16)5-6-14(13)17/h2,5-6,11,15,18H,1,3-4,7-10H2/t15-/m1/s1. The zero-order valence-corrected chi connectivity index (χ0v) is 11.8. The highest BCUT2D eigenvalue weighted by Crippen LogP contribution is 2.30. The number of hydrogen-bond donors (Lipinski definition) is 1. The molecule has 104 valence electrons. The van der Waals surface area contributed by atoms with Gasteiger partial charge in [-0.3, -0.25) is 4.90 Å². The molecule has 0 unspecified atom stereocenters. The molecule has 0 aliphatic carbocycles. The van der Waals surface area contributed by atoms with Crippen LogP contribution in [0.15, 0.2) is 30.9 Å². The number of nitrogens with zero attached hydrogens (tertiary/aromatic N) is 1. The summed E-state index contributed by atoms with van der Waals surface area (Å²) in [6.07, 6.45) is 3.64. The molecule has 1 aliphatic rings. The lowest BCUT2D eigenvalue weighted by molar-refractivity contribution is 0.163. The molecule has 19 heavy (non-hydrogen) atoms. The van der Waals surface area contributed by atoms with Gasteiger partial charge in [0.15, 0.2) is 0 Å². The van der Waals surface area contributed by atoms with Crippen LogP contribution in [0.3, 0.4) is 0 Å². The molecule has 0 aromatic heterocycles. The van der Waals surface area contributed by atoms with E-state index in [4.69, 9.17) is 11.6 Å². The van der Waals surface area contributed by atoms with Crippen molar-refractivity contribution in [3.63, 3.8) is 0 Å². The van der Waals surface area contributed by atoms with Gasteiger partial charge in [-0.2, -0.15) is 0 Å². The van der Waals surface area contributed by atoms with Gasteiger partial charge in [0.25, 0.3) is 0 Å². The average molecular weight is 283 g/mol. The molecule has 2 rings (SSSR count). The van der Waals surface area contributed by atoms with E-state index in [9.17, 15) is 4.39 Å². The molecule has 0 saturated carbocycles. The summed E-state index contributed by atoms with van der Waals surface area (Å²) in [5, 5.41) is 3.91. The van der Waals surface area contributed by atoms with E-state index in [1.807, 2.05) is 6.08 Å². The van der Waals surface area contributed by atoms with Crippen LogP contribution in [0.25, 0.3) is 0 Å². The summed E-state index contributed by atoms with van der Waals surface area (Å²) in [5.74, 6) is -0.169. The van der Waals surface area contributed by atoms with Crippen LogP contribution in [0.1, 0.15) is 24.4 Å². The summed E-state index contributed by atoms with van der Waals surface area (Å²) >= 11 is 6.02. The van der Waals surface area contributed by atoms with E-state index >= 15 is 0 Å². The van der Waals surface area contributed by atoms with Crippen LogP contribution in [-0.4, -0.2) is 31.1 Å². The highest BCUT2D eigenvalue weighted by Gasteiger charge is 2.24. The molecule has 1 N–H and O–H groups in total. The fourth-order valence-electron chi connectivity index (χ4n) is 2.57. The summed E-state index contributed by atoms with van der Waals surface area (Å²) in [7, 11) is 0. The topological polar surface area (TPSA) is 15.3 Å². The molecule has 1 aromatic carbocycles. The Morgan fingerprint density at radius 1 is 1.42 bits per heavy atom. The molecule has 1 heterocycles. The fraction of sp³-hybridized carbons (Fsp3) is 0.467. The number of piperazine rings is 1. The minimum atomic E-state index is -0.169. The van der Waals surface area contributed by atoms with Gasteiger partial charge in [-0.25, -0.2) is 4.39 Å². The van der Waals surface area contributed by atoms with E-state index in [-0.39, 0.29) is 11.9 Å². The number of rotatable bonds is 5. The number of benzene rings is 1. The van der Waals surface area contributed by atoms with E-state index in [1.165, 1.54) is 6.07 Å². The Hall–Kier alpha value is -0.900. The van der Waals surface area contributed by atoms with Gasteiger partial charge in [0.1, 0.15) is 5.82 Å². The predicted molar refractivity (Wildman–Crippen MR) is 78.0 cm³/mol. The third-order valence-corrected chi connectivity index (χ3v) is 3.79. The zero-order chi connectivity index (χ0) is 13.7. The molecule has 1 fully saturated rings. The van der Waals surface area contributed by atoms with Crippen molar-refractivity contribution in [3.05, 3.63) is 47.3 Å². The number of allylic oxidation sites excluding steroid dienone is 1. The molecule has 0 spiro atoms. The van der Waals surface area contributed by atoms with E-state index in [0.717, 1.165) is 39.0 Å². The van der Waals surface area contributed by atoms with Crippen molar-refractivity contribution < 1.29 is 4.39 Å². The van der Waals surface area contributed by atoms with Crippen LogP contribution in [0, 0.1) is 5.82 Å². The second kappa shape index (κ2) is 7.04. The number of nitrogens with one attached hydrogen (secondary N) is 1. The molecule has 1 aliphatic heterocycles. The van der Waals surface area contributed by atoms with Gasteiger partial charge >= 0.3 is 0 Å². The van der Waals surface area contributed by atoms with Crippen LogP contribution in [0.4, 0.5) is 4.39 Å². The third kappa shape index (κ3) is 3.78. The van der Waals surface area contributed by atoms with Crippen molar-refractivity contribution in [3.8, 4) is 0 Å². The summed E-state index contributed by atoms with van der Waals surface area (Å²) in [6.45, 7) is 7.54. The predicted octanol–water partition coefficient (Wildman–Crippen LogP) is 3.39. The summed E-state index contributed by atoms with van der Waals surface area (Å²) in [5.41, 5.74) is 0.705. The van der Waals surface area contributed by atoms with Crippen LogP contribution in [0.2, 0.25) is 5.02 Å². The summed E-state index contributed by atoms with van der Waals surface area (Å²) in [6, 6.07) is 4.90. The summed E-state index contributed by atoms with van der Waals surface area (Å²) < 4.78 is 14.1. The van der Waals surface area contributed by atoms with Crippen molar-refractivity contribution in [2.45, 2.75) is 18.9 Å².